The summed E-state index contributed by atoms with van der Waals surface area (Å²) in [7, 11) is 2.08. The molecule has 2 heteroatoms. The Morgan fingerprint density at radius 2 is 2.05 bits per heavy atom. The molecule has 1 fully saturated rings. The van der Waals surface area contributed by atoms with Gasteiger partial charge in [-0.25, -0.2) is 0 Å². The highest BCUT2D eigenvalue weighted by atomic mass is 15.2. The summed E-state index contributed by atoms with van der Waals surface area (Å²) in [5.74, 6) is 1.66. The summed E-state index contributed by atoms with van der Waals surface area (Å²) in [6, 6.07) is 10.1. The molecule has 1 saturated heterocycles. The minimum atomic E-state index is 0.463. The van der Waals surface area contributed by atoms with Gasteiger partial charge in [0, 0.05) is 25.2 Å². The van der Waals surface area contributed by atoms with Crippen molar-refractivity contribution in [1.82, 2.24) is 10.2 Å². The highest BCUT2D eigenvalue weighted by Gasteiger charge is 2.28. The second kappa shape index (κ2) is 7.42. The van der Waals surface area contributed by atoms with Crippen LogP contribution in [0.5, 0.6) is 0 Å². The van der Waals surface area contributed by atoms with Gasteiger partial charge in [0.15, 0.2) is 0 Å². The first kappa shape index (κ1) is 16.5. The molecule has 4 unspecified atom stereocenters. The predicted molar refractivity (Wildman–Crippen MR) is 91.6 cm³/mol. The van der Waals surface area contributed by atoms with Crippen LogP contribution in [0.25, 0.3) is 0 Å². The van der Waals surface area contributed by atoms with Crippen LogP contribution in [-0.2, 0) is 0 Å². The van der Waals surface area contributed by atoms with Gasteiger partial charge in [-0.2, -0.15) is 0 Å². The lowest BCUT2D eigenvalue weighted by Gasteiger charge is -2.41. The quantitative estimate of drug-likeness (QED) is 0.880. The normalized spacial score (nSPS) is 28.5. The Balaban J connectivity index is 1.96. The van der Waals surface area contributed by atoms with E-state index in [4.69, 9.17) is 0 Å². The molecule has 0 saturated carbocycles. The Kier molecular flexibility index (Phi) is 5.83. The number of benzene rings is 1. The van der Waals surface area contributed by atoms with E-state index in [1.54, 1.807) is 0 Å². The first-order valence-electron chi connectivity index (χ1n) is 8.49. The molecule has 0 radical (unpaired) electrons. The summed E-state index contributed by atoms with van der Waals surface area (Å²) in [4.78, 5) is 2.69. The van der Waals surface area contributed by atoms with Crippen LogP contribution in [0, 0.1) is 18.8 Å². The molecule has 0 aliphatic carbocycles. The van der Waals surface area contributed by atoms with Crippen LogP contribution in [0.15, 0.2) is 24.3 Å². The maximum absolute atomic E-state index is 3.50. The third kappa shape index (κ3) is 4.31. The molecular weight excluding hydrogens is 256 g/mol. The second-order valence-corrected chi connectivity index (χ2v) is 7.10. The van der Waals surface area contributed by atoms with Gasteiger partial charge in [-0.1, -0.05) is 43.7 Å². The highest BCUT2D eigenvalue weighted by molar-refractivity contribution is 5.25. The molecule has 0 spiro atoms. The van der Waals surface area contributed by atoms with Crippen molar-refractivity contribution in [3.8, 4) is 0 Å². The molecule has 1 heterocycles. The molecule has 0 bridgehead atoms. The van der Waals surface area contributed by atoms with Crippen molar-refractivity contribution >= 4 is 0 Å². The Morgan fingerprint density at radius 1 is 1.29 bits per heavy atom. The lowest BCUT2D eigenvalue weighted by atomic mass is 9.85. The van der Waals surface area contributed by atoms with Crippen LogP contribution in [0.2, 0.25) is 0 Å². The Morgan fingerprint density at radius 3 is 2.71 bits per heavy atom. The number of hydrogen-bond donors (Lipinski definition) is 1. The summed E-state index contributed by atoms with van der Waals surface area (Å²) in [5, 5.41) is 3.50. The van der Waals surface area contributed by atoms with Crippen molar-refractivity contribution in [2.45, 2.75) is 52.6 Å². The van der Waals surface area contributed by atoms with E-state index < -0.39 is 0 Å². The first-order chi connectivity index (χ1) is 10.0. The molecular formula is C19H32N2. The molecule has 1 aromatic carbocycles. The fraction of sp³-hybridized carbons (Fsp3) is 0.684. The van der Waals surface area contributed by atoms with Crippen molar-refractivity contribution in [2.75, 3.05) is 20.1 Å². The van der Waals surface area contributed by atoms with Gasteiger partial charge in [0.05, 0.1) is 0 Å². The average molecular weight is 288 g/mol. The Bertz CT molecular complexity index is 443. The van der Waals surface area contributed by atoms with Gasteiger partial charge >= 0.3 is 0 Å². The molecule has 1 aliphatic heterocycles. The lowest BCUT2D eigenvalue weighted by Crippen LogP contribution is -2.46. The molecule has 1 N–H and O–H groups in total. The average Bonchev–Trinajstić information content (AvgIpc) is 2.44. The molecule has 1 aliphatic rings. The third-order valence-electron chi connectivity index (χ3n) is 5.22. The van der Waals surface area contributed by atoms with Gasteiger partial charge in [-0.15, -0.1) is 0 Å². The van der Waals surface area contributed by atoms with E-state index in [9.17, 15) is 0 Å². The van der Waals surface area contributed by atoms with Gasteiger partial charge < -0.3 is 10.2 Å². The summed E-state index contributed by atoms with van der Waals surface area (Å²) >= 11 is 0. The Hall–Kier alpha value is -0.860. The van der Waals surface area contributed by atoms with Crippen molar-refractivity contribution in [2.24, 2.45) is 11.8 Å². The zero-order valence-electron chi connectivity index (χ0n) is 14.4. The number of hydrogen-bond acceptors (Lipinski definition) is 2. The molecule has 118 valence electrons. The molecule has 2 nitrogen and oxygen atoms in total. The first-order valence-corrected chi connectivity index (χ1v) is 8.49. The van der Waals surface area contributed by atoms with Crippen molar-refractivity contribution in [1.29, 1.82) is 0 Å². The third-order valence-corrected chi connectivity index (χ3v) is 5.22. The van der Waals surface area contributed by atoms with Crippen LogP contribution in [0.4, 0.5) is 0 Å². The summed E-state index contributed by atoms with van der Waals surface area (Å²) in [6.07, 6.45) is 2.56. The van der Waals surface area contributed by atoms with E-state index in [0.717, 1.165) is 17.9 Å². The van der Waals surface area contributed by atoms with Crippen LogP contribution in [0.3, 0.4) is 0 Å². The molecule has 0 amide bonds. The monoisotopic (exact) mass is 288 g/mol. The minimum Gasteiger partial charge on any atom is -0.313 e. The van der Waals surface area contributed by atoms with Crippen LogP contribution in [-0.4, -0.2) is 31.1 Å². The van der Waals surface area contributed by atoms with E-state index >= 15 is 0 Å². The van der Waals surface area contributed by atoms with Gasteiger partial charge in [0.25, 0.3) is 0 Å². The Labute approximate surface area is 130 Å². The molecule has 4 atom stereocenters. The minimum absolute atomic E-state index is 0.463. The molecule has 0 aromatic heterocycles. The fourth-order valence-corrected chi connectivity index (χ4v) is 3.79. The van der Waals surface area contributed by atoms with Gasteiger partial charge in [-0.3, -0.25) is 0 Å². The van der Waals surface area contributed by atoms with E-state index in [-0.39, 0.29) is 0 Å². The van der Waals surface area contributed by atoms with Crippen molar-refractivity contribution < 1.29 is 0 Å². The number of rotatable bonds is 5. The van der Waals surface area contributed by atoms with E-state index in [1.807, 2.05) is 0 Å². The number of piperidine rings is 1. The topological polar surface area (TPSA) is 15.3 Å². The predicted octanol–water partition coefficient (Wildman–Crippen LogP) is 4.01. The standard InChI is InChI=1S/C19H32N2/c1-14-7-6-8-18(12-14)19(20-5)9-10-21-13-15(2)11-16(3)17(21)4/h6-8,12,15-17,19-20H,9-11,13H2,1-5H3. The number of nitrogens with one attached hydrogen (secondary N) is 1. The largest absolute Gasteiger partial charge is 0.313 e. The zero-order valence-corrected chi connectivity index (χ0v) is 14.4. The van der Waals surface area contributed by atoms with E-state index in [2.05, 4.69) is 69.2 Å². The fourth-order valence-electron chi connectivity index (χ4n) is 3.79. The van der Waals surface area contributed by atoms with Crippen molar-refractivity contribution in [3.05, 3.63) is 35.4 Å². The SMILES string of the molecule is CNC(CCN1CC(C)CC(C)C1C)c1cccc(C)c1. The van der Waals surface area contributed by atoms with E-state index in [1.165, 1.54) is 37.1 Å². The van der Waals surface area contributed by atoms with Gasteiger partial charge in [0.2, 0.25) is 0 Å². The van der Waals surface area contributed by atoms with Crippen LogP contribution < -0.4 is 5.32 Å². The lowest BCUT2D eigenvalue weighted by molar-refractivity contribution is 0.0760. The number of nitrogens with zero attached hydrogens (tertiary/aromatic N) is 1. The summed E-state index contributed by atoms with van der Waals surface area (Å²) < 4.78 is 0. The van der Waals surface area contributed by atoms with Crippen LogP contribution >= 0.6 is 0 Å². The second-order valence-electron chi connectivity index (χ2n) is 7.10. The number of likely N-dealkylation sites (tertiary alicyclic amines) is 1. The zero-order chi connectivity index (χ0) is 15.4. The maximum atomic E-state index is 3.50. The summed E-state index contributed by atoms with van der Waals surface area (Å²) in [5.41, 5.74) is 2.77. The highest BCUT2D eigenvalue weighted by Crippen LogP contribution is 2.28. The molecule has 2 rings (SSSR count). The smallest absolute Gasteiger partial charge is 0.0329 e. The maximum Gasteiger partial charge on any atom is 0.0329 e. The number of aryl methyl sites for hydroxylation is 1. The van der Waals surface area contributed by atoms with E-state index in [0.29, 0.717) is 6.04 Å². The summed E-state index contributed by atoms with van der Waals surface area (Å²) in [6.45, 7) is 11.8. The van der Waals surface area contributed by atoms with Crippen molar-refractivity contribution in [3.63, 3.8) is 0 Å². The van der Waals surface area contributed by atoms with Gasteiger partial charge in [-0.05, 0) is 51.1 Å². The molecule has 21 heavy (non-hydrogen) atoms. The van der Waals surface area contributed by atoms with Crippen LogP contribution in [0.1, 0.15) is 50.8 Å². The molecule has 1 aromatic rings. The van der Waals surface area contributed by atoms with Gasteiger partial charge in [0.1, 0.15) is 0 Å².